The molecule has 0 radical (unpaired) electrons. The van der Waals surface area contributed by atoms with Crippen LogP contribution in [0.3, 0.4) is 0 Å². The van der Waals surface area contributed by atoms with Crippen LogP contribution in [0.5, 0.6) is 0 Å². The van der Waals surface area contributed by atoms with Gasteiger partial charge in [-0.15, -0.1) is 0 Å². The SMILES string of the molecule is c1ccc(-c2nc(-c3ccccc3-c3ccc(-c4cccnc4)c(-c4ccccc4-c4nc(-c5ccccc5)nc(-c5ccccc5C5CCCCC5)n4)c3)nc(-c3ccccc3C3CCCCC3)n2)cc1. The van der Waals surface area contributed by atoms with Gasteiger partial charge >= 0.3 is 0 Å². The zero-order chi connectivity index (χ0) is 48.1. The molecule has 0 aliphatic heterocycles. The number of aromatic nitrogens is 7. The molecule has 3 heterocycles. The van der Waals surface area contributed by atoms with Crippen molar-refractivity contribution in [1.82, 2.24) is 34.9 Å². The van der Waals surface area contributed by atoms with E-state index in [2.05, 4.69) is 151 Å². The first-order valence-electron chi connectivity index (χ1n) is 25.8. The van der Waals surface area contributed by atoms with Crippen LogP contribution < -0.4 is 0 Å². The lowest BCUT2D eigenvalue weighted by Gasteiger charge is -2.24. The van der Waals surface area contributed by atoms with Gasteiger partial charge in [-0.2, -0.15) is 0 Å². The molecule has 72 heavy (non-hydrogen) atoms. The summed E-state index contributed by atoms with van der Waals surface area (Å²) >= 11 is 0. The smallest absolute Gasteiger partial charge is 0.164 e. The Kier molecular flexibility index (Phi) is 12.8. The van der Waals surface area contributed by atoms with Gasteiger partial charge in [0.1, 0.15) is 0 Å². The Morgan fingerprint density at radius 1 is 0.264 bits per heavy atom. The van der Waals surface area contributed by atoms with Crippen molar-refractivity contribution in [1.29, 1.82) is 0 Å². The van der Waals surface area contributed by atoms with Crippen LogP contribution in [0.4, 0.5) is 0 Å². The molecule has 0 spiro atoms. The maximum Gasteiger partial charge on any atom is 0.164 e. The maximum atomic E-state index is 5.42. The van der Waals surface area contributed by atoms with Gasteiger partial charge in [-0.25, -0.2) is 29.9 Å². The molecule has 7 aromatic carbocycles. The van der Waals surface area contributed by atoms with Gasteiger partial charge in [-0.3, -0.25) is 4.98 Å². The minimum absolute atomic E-state index is 0.474. The van der Waals surface area contributed by atoms with Gasteiger partial charge in [0.25, 0.3) is 0 Å². The van der Waals surface area contributed by atoms with Crippen molar-refractivity contribution in [2.24, 2.45) is 0 Å². The molecule has 2 fully saturated rings. The summed E-state index contributed by atoms with van der Waals surface area (Å²) in [5, 5.41) is 0. The Morgan fingerprint density at radius 3 is 1.15 bits per heavy atom. The van der Waals surface area contributed by atoms with E-state index >= 15 is 0 Å². The molecule has 0 unspecified atom stereocenters. The molecule has 0 atom stereocenters. The summed E-state index contributed by atoms with van der Waals surface area (Å²) in [6, 6.07) is 65.9. The molecule has 3 aromatic heterocycles. The van der Waals surface area contributed by atoms with Gasteiger partial charge in [-0.05, 0) is 88.6 Å². The fourth-order valence-electron chi connectivity index (χ4n) is 11.2. The van der Waals surface area contributed by atoms with Crippen LogP contribution >= 0.6 is 0 Å². The van der Waals surface area contributed by atoms with E-state index in [0.29, 0.717) is 46.8 Å². The van der Waals surface area contributed by atoms with Crippen molar-refractivity contribution in [2.45, 2.75) is 76.0 Å². The van der Waals surface area contributed by atoms with Gasteiger partial charge in [0, 0.05) is 51.3 Å². The Bertz CT molecular complexity index is 3490. The molecule has 0 N–H and O–H groups in total. The minimum atomic E-state index is 0.474. The number of rotatable bonds is 11. The molecular formula is C65H55N7. The second kappa shape index (κ2) is 20.6. The van der Waals surface area contributed by atoms with Crippen molar-refractivity contribution in [3.63, 3.8) is 0 Å². The second-order valence-electron chi connectivity index (χ2n) is 19.3. The normalized spacial score (nSPS) is 14.3. The van der Waals surface area contributed by atoms with E-state index in [1.54, 1.807) is 0 Å². The number of hydrogen-bond acceptors (Lipinski definition) is 7. The van der Waals surface area contributed by atoms with Crippen molar-refractivity contribution < 1.29 is 0 Å². The lowest BCUT2D eigenvalue weighted by atomic mass is 9.82. The third-order valence-corrected chi connectivity index (χ3v) is 14.8. The van der Waals surface area contributed by atoms with E-state index < -0.39 is 0 Å². The molecule has 350 valence electrons. The average molecular weight is 934 g/mol. The summed E-state index contributed by atoms with van der Waals surface area (Å²) in [5.41, 5.74) is 14.7. The van der Waals surface area contributed by atoms with Gasteiger partial charge in [0.2, 0.25) is 0 Å². The molecule has 10 aromatic rings. The van der Waals surface area contributed by atoms with Crippen molar-refractivity contribution in [3.05, 3.63) is 212 Å². The zero-order valence-corrected chi connectivity index (χ0v) is 40.4. The fourth-order valence-corrected chi connectivity index (χ4v) is 11.2. The zero-order valence-electron chi connectivity index (χ0n) is 40.4. The van der Waals surface area contributed by atoms with Gasteiger partial charge < -0.3 is 0 Å². The predicted octanol–water partition coefficient (Wildman–Crippen LogP) is 16.5. The molecule has 0 amide bonds. The molecule has 2 aliphatic rings. The first kappa shape index (κ1) is 44.9. The third kappa shape index (κ3) is 9.26. The topological polar surface area (TPSA) is 90.2 Å². The molecule has 0 bridgehead atoms. The summed E-state index contributed by atoms with van der Waals surface area (Å²) in [6.45, 7) is 0. The lowest BCUT2D eigenvalue weighted by Crippen LogP contribution is -2.08. The van der Waals surface area contributed by atoms with Crippen LogP contribution in [0, 0.1) is 0 Å². The first-order valence-corrected chi connectivity index (χ1v) is 25.8. The number of nitrogens with zero attached hydrogens (tertiary/aromatic N) is 7. The van der Waals surface area contributed by atoms with E-state index in [1.807, 2.05) is 54.9 Å². The summed E-state index contributed by atoms with van der Waals surface area (Å²) in [6.07, 6.45) is 16.0. The first-order chi connectivity index (χ1) is 35.7. The quantitative estimate of drug-likeness (QED) is 0.128. The van der Waals surface area contributed by atoms with Crippen LogP contribution in [0.25, 0.3) is 102 Å². The van der Waals surface area contributed by atoms with E-state index in [0.717, 1.165) is 66.8 Å². The summed E-state index contributed by atoms with van der Waals surface area (Å²) in [5.74, 6) is 4.89. The van der Waals surface area contributed by atoms with Gasteiger partial charge in [0.05, 0.1) is 0 Å². The molecule has 2 saturated carbocycles. The Balaban J connectivity index is 1.03. The molecule has 0 saturated heterocycles. The monoisotopic (exact) mass is 933 g/mol. The second-order valence-corrected chi connectivity index (χ2v) is 19.3. The average Bonchev–Trinajstić information content (AvgIpc) is 3.48. The maximum absolute atomic E-state index is 5.42. The number of hydrogen-bond donors (Lipinski definition) is 0. The van der Waals surface area contributed by atoms with Gasteiger partial charge in [-0.1, -0.05) is 214 Å². The Morgan fingerprint density at radius 2 is 0.653 bits per heavy atom. The summed E-state index contributed by atoms with van der Waals surface area (Å²) < 4.78 is 0. The van der Waals surface area contributed by atoms with E-state index in [9.17, 15) is 0 Å². The molecule has 12 rings (SSSR count). The van der Waals surface area contributed by atoms with Crippen LogP contribution in [0.2, 0.25) is 0 Å². The standard InChI is InChI=1S/C65H55N7/c1-5-22-44(23-6-1)50-31-13-17-35-55(50)62-67-60(46-26-9-3-10-27-46)69-64(71-62)57-37-19-15-33-52(57)48-39-40-53(49-30-21-41-66-43-49)59(42-48)54-34-16-20-38-58(54)65-70-61(47-28-11-4-12-29-47)68-63(72-65)56-36-18-14-32-51(56)45-24-7-2-8-25-45/h3-4,9-21,26-45H,1-2,5-8,22-25H2. The number of pyridine rings is 1. The van der Waals surface area contributed by atoms with Crippen LogP contribution in [-0.4, -0.2) is 34.9 Å². The number of benzene rings is 7. The minimum Gasteiger partial charge on any atom is -0.264 e. The van der Waals surface area contributed by atoms with Crippen LogP contribution in [-0.2, 0) is 0 Å². The third-order valence-electron chi connectivity index (χ3n) is 14.8. The van der Waals surface area contributed by atoms with E-state index in [-0.39, 0.29) is 0 Å². The van der Waals surface area contributed by atoms with Crippen molar-refractivity contribution >= 4 is 0 Å². The van der Waals surface area contributed by atoms with E-state index in [4.69, 9.17) is 29.9 Å². The largest absolute Gasteiger partial charge is 0.264 e. The van der Waals surface area contributed by atoms with Crippen molar-refractivity contribution in [2.75, 3.05) is 0 Å². The lowest BCUT2D eigenvalue weighted by molar-refractivity contribution is 0.444. The van der Waals surface area contributed by atoms with Crippen LogP contribution in [0.1, 0.15) is 87.2 Å². The highest BCUT2D eigenvalue weighted by Crippen LogP contribution is 2.44. The highest BCUT2D eigenvalue weighted by molar-refractivity contribution is 5.94. The Hall–Kier alpha value is -8.29. The van der Waals surface area contributed by atoms with Gasteiger partial charge in [0.15, 0.2) is 34.9 Å². The fraction of sp³-hybridized carbons (Fsp3) is 0.185. The highest BCUT2D eigenvalue weighted by atomic mass is 15.0. The highest BCUT2D eigenvalue weighted by Gasteiger charge is 2.25. The van der Waals surface area contributed by atoms with E-state index in [1.165, 1.54) is 75.3 Å². The molecular weight excluding hydrogens is 879 g/mol. The Labute approximate surface area is 422 Å². The summed E-state index contributed by atoms with van der Waals surface area (Å²) in [4.78, 5) is 36.5. The molecule has 7 nitrogen and oxygen atoms in total. The van der Waals surface area contributed by atoms with Crippen molar-refractivity contribution in [3.8, 4) is 102 Å². The predicted molar refractivity (Wildman–Crippen MR) is 292 cm³/mol. The molecule has 7 heteroatoms. The van der Waals surface area contributed by atoms with Crippen LogP contribution in [0.15, 0.2) is 200 Å². The summed E-state index contributed by atoms with van der Waals surface area (Å²) in [7, 11) is 0. The molecule has 2 aliphatic carbocycles.